The number of halogens is 4. The van der Waals surface area contributed by atoms with Crippen molar-refractivity contribution < 1.29 is 18.3 Å². The van der Waals surface area contributed by atoms with E-state index in [2.05, 4.69) is 37.2 Å². The highest BCUT2D eigenvalue weighted by Crippen LogP contribution is 2.32. The molecule has 1 N–H and O–H groups in total. The first-order valence-electron chi connectivity index (χ1n) is 6.22. The van der Waals surface area contributed by atoms with Crippen LogP contribution in [0.4, 0.5) is 8.78 Å². The average molecular weight is 417 g/mol. The summed E-state index contributed by atoms with van der Waals surface area (Å²) in [5.74, 6) is 0.789. The van der Waals surface area contributed by atoms with Gasteiger partial charge in [0.15, 0.2) is 0 Å². The van der Waals surface area contributed by atoms with Gasteiger partial charge >= 0.3 is 0 Å². The van der Waals surface area contributed by atoms with Crippen molar-refractivity contribution in [2.45, 2.75) is 19.9 Å². The maximum Gasteiger partial charge on any atom is 0.261 e. The van der Waals surface area contributed by atoms with E-state index >= 15 is 0 Å². The Morgan fingerprint density at radius 1 is 1.30 bits per heavy atom. The van der Waals surface area contributed by atoms with Crippen molar-refractivity contribution in [3.8, 4) is 5.75 Å². The molecule has 0 aromatic heterocycles. The number of alkyl halides is 2. The molecule has 114 valence electrons. The van der Waals surface area contributed by atoms with Crippen LogP contribution in [0, 0.1) is 0 Å². The van der Waals surface area contributed by atoms with E-state index in [-0.39, 0.29) is 6.61 Å². The number of hydrogen-bond donors (Lipinski definition) is 1. The molecule has 7 heteroatoms. The summed E-state index contributed by atoms with van der Waals surface area (Å²) in [6.07, 6.45) is -2.42. The third-order valence-electron chi connectivity index (χ3n) is 2.36. The Morgan fingerprint density at radius 3 is 2.70 bits per heavy atom. The van der Waals surface area contributed by atoms with E-state index in [1.54, 1.807) is 0 Å². The highest BCUT2D eigenvalue weighted by atomic mass is 79.9. The molecule has 0 fully saturated rings. The van der Waals surface area contributed by atoms with Crippen molar-refractivity contribution in [3.63, 3.8) is 0 Å². The molecule has 3 nitrogen and oxygen atoms in total. The first-order chi connectivity index (χ1) is 9.54. The minimum atomic E-state index is -2.42. The molecule has 0 bridgehead atoms. The maximum atomic E-state index is 11.9. The van der Waals surface area contributed by atoms with Gasteiger partial charge in [0, 0.05) is 23.1 Å². The Hall–Kier alpha value is -0.240. The van der Waals surface area contributed by atoms with Gasteiger partial charge in [0.25, 0.3) is 6.43 Å². The van der Waals surface area contributed by atoms with Crippen LogP contribution in [0.3, 0.4) is 0 Å². The minimum Gasteiger partial charge on any atom is -0.492 e. The van der Waals surface area contributed by atoms with Gasteiger partial charge < -0.3 is 14.8 Å². The van der Waals surface area contributed by atoms with Crippen LogP contribution >= 0.6 is 31.9 Å². The summed E-state index contributed by atoms with van der Waals surface area (Å²) >= 11 is 6.88. The zero-order chi connectivity index (χ0) is 15.0. The van der Waals surface area contributed by atoms with Crippen LogP contribution in [0.15, 0.2) is 21.1 Å². The Balaban J connectivity index is 2.46. The summed E-state index contributed by atoms with van der Waals surface area (Å²) < 4.78 is 35.9. The van der Waals surface area contributed by atoms with Gasteiger partial charge in [0.1, 0.15) is 12.4 Å². The molecule has 0 unspecified atom stereocenters. The van der Waals surface area contributed by atoms with Crippen molar-refractivity contribution in [3.05, 3.63) is 26.6 Å². The van der Waals surface area contributed by atoms with Crippen molar-refractivity contribution >= 4 is 31.9 Å². The monoisotopic (exact) mass is 415 g/mol. The lowest BCUT2D eigenvalue weighted by molar-refractivity contribution is 0.0187. The smallest absolute Gasteiger partial charge is 0.261 e. The number of nitrogens with one attached hydrogen (secondary N) is 1. The second kappa shape index (κ2) is 9.65. The van der Waals surface area contributed by atoms with Crippen LogP contribution in [0.25, 0.3) is 0 Å². The first kappa shape index (κ1) is 17.8. The summed E-state index contributed by atoms with van der Waals surface area (Å²) in [5, 5.41) is 3.14. The second-order valence-corrected chi connectivity index (χ2v) is 5.72. The predicted octanol–water partition coefficient (Wildman–Crippen LogP) is 3.98. The van der Waals surface area contributed by atoms with Crippen LogP contribution in [0.2, 0.25) is 0 Å². The maximum absolute atomic E-state index is 11.9. The number of ether oxygens (including phenoxy) is 2. The standard InChI is InChI=1S/C13H17Br2F2NO2/c1-2-20-13-9(5-10(14)6-11(13)15)7-18-3-4-19-8-12(16)17/h5-6,12,18H,2-4,7-8H2,1H3. The van der Waals surface area contributed by atoms with Gasteiger partial charge in [-0.25, -0.2) is 8.78 Å². The fourth-order valence-corrected chi connectivity index (χ4v) is 3.02. The fraction of sp³-hybridized carbons (Fsp3) is 0.538. The number of rotatable bonds is 9. The lowest BCUT2D eigenvalue weighted by Crippen LogP contribution is -2.21. The SMILES string of the molecule is CCOc1c(Br)cc(Br)cc1CNCCOCC(F)F. The predicted molar refractivity (Wildman–Crippen MR) is 81.5 cm³/mol. The molecule has 20 heavy (non-hydrogen) atoms. The van der Waals surface area contributed by atoms with Crippen molar-refractivity contribution in [1.29, 1.82) is 0 Å². The molecular weight excluding hydrogens is 400 g/mol. The lowest BCUT2D eigenvalue weighted by Gasteiger charge is -2.14. The van der Waals surface area contributed by atoms with E-state index in [4.69, 9.17) is 9.47 Å². The van der Waals surface area contributed by atoms with Gasteiger partial charge in [-0.2, -0.15) is 0 Å². The van der Waals surface area contributed by atoms with Gasteiger partial charge in [-0.1, -0.05) is 15.9 Å². The third-order valence-corrected chi connectivity index (χ3v) is 3.40. The molecule has 0 saturated carbocycles. The Morgan fingerprint density at radius 2 is 2.05 bits per heavy atom. The van der Waals surface area contributed by atoms with Gasteiger partial charge in [-0.3, -0.25) is 0 Å². The first-order valence-corrected chi connectivity index (χ1v) is 7.80. The molecule has 1 aromatic rings. The van der Waals surface area contributed by atoms with Crippen molar-refractivity contribution in [2.24, 2.45) is 0 Å². The highest BCUT2D eigenvalue weighted by molar-refractivity contribution is 9.11. The molecule has 0 spiro atoms. The lowest BCUT2D eigenvalue weighted by atomic mass is 10.2. The molecule has 0 aliphatic rings. The molecule has 0 amide bonds. The summed E-state index contributed by atoms with van der Waals surface area (Å²) in [5.41, 5.74) is 0.988. The van der Waals surface area contributed by atoms with Gasteiger partial charge in [0.2, 0.25) is 0 Å². The summed E-state index contributed by atoms with van der Waals surface area (Å²) in [6, 6.07) is 3.88. The fourth-order valence-electron chi connectivity index (χ4n) is 1.59. The van der Waals surface area contributed by atoms with Crippen molar-refractivity contribution in [2.75, 3.05) is 26.4 Å². The molecule has 0 aliphatic carbocycles. The van der Waals surface area contributed by atoms with E-state index in [0.29, 0.717) is 19.7 Å². The van der Waals surface area contributed by atoms with E-state index < -0.39 is 13.0 Å². The van der Waals surface area contributed by atoms with E-state index in [9.17, 15) is 8.78 Å². The Labute approximate surface area is 134 Å². The van der Waals surface area contributed by atoms with E-state index in [0.717, 1.165) is 20.3 Å². The van der Waals surface area contributed by atoms with Crippen LogP contribution < -0.4 is 10.1 Å². The zero-order valence-electron chi connectivity index (χ0n) is 11.1. The molecular formula is C13H17Br2F2NO2. The third kappa shape index (κ3) is 6.47. The number of hydrogen-bond acceptors (Lipinski definition) is 3. The minimum absolute atomic E-state index is 0.253. The Kier molecular flexibility index (Phi) is 8.60. The van der Waals surface area contributed by atoms with Gasteiger partial charge in [-0.05, 0) is 35.0 Å². The molecule has 0 atom stereocenters. The second-order valence-electron chi connectivity index (χ2n) is 3.95. The molecule has 1 aromatic carbocycles. The molecule has 0 radical (unpaired) electrons. The molecule has 0 heterocycles. The van der Waals surface area contributed by atoms with Crippen LogP contribution in [-0.2, 0) is 11.3 Å². The van der Waals surface area contributed by atoms with Crippen molar-refractivity contribution in [1.82, 2.24) is 5.32 Å². The Bertz CT molecular complexity index is 420. The van der Waals surface area contributed by atoms with E-state index in [1.165, 1.54) is 0 Å². The molecule has 0 aliphatic heterocycles. The normalized spacial score (nSPS) is 11.1. The molecule has 1 rings (SSSR count). The topological polar surface area (TPSA) is 30.5 Å². The van der Waals surface area contributed by atoms with Crippen LogP contribution in [-0.4, -0.2) is 32.8 Å². The van der Waals surface area contributed by atoms with Crippen LogP contribution in [0.5, 0.6) is 5.75 Å². The summed E-state index contributed by atoms with van der Waals surface area (Å²) in [7, 11) is 0. The highest BCUT2D eigenvalue weighted by Gasteiger charge is 2.09. The van der Waals surface area contributed by atoms with Gasteiger partial charge in [0.05, 0.1) is 17.7 Å². The summed E-state index contributed by atoms with van der Waals surface area (Å²) in [6.45, 7) is 3.31. The largest absolute Gasteiger partial charge is 0.492 e. The molecule has 0 saturated heterocycles. The number of benzene rings is 1. The van der Waals surface area contributed by atoms with Gasteiger partial charge in [-0.15, -0.1) is 0 Å². The quantitative estimate of drug-likeness (QED) is 0.617. The van der Waals surface area contributed by atoms with Crippen LogP contribution in [0.1, 0.15) is 12.5 Å². The van der Waals surface area contributed by atoms with E-state index in [1.807, 2.05) is 19.1 Å². The summed E-state index contributed by atoms with van der Waals surface area (Å²) in [4.78, 5) is 0. The average Bonchev–Trinajstić information content (AvgIpc) is 2.37. The zero-order valence-corrected chi connectivity index (χ0v) is 14.3.